The molecular weight excluding hydrogens is 549 g/mol. The van der Waals surface area contributed by atoms with Crippen LogP contribution in [-0.4, -0.2) is 86.1 Å². The molecule has 0 radical (unpaired) electrons. The van der Waals surface area contributed by atoms with Gasteiger partial charge in [-0.2, -0.15) is 0 Å². The van der Waals surface area contributed by atoms with Crippen molar-refractivity contribution in [2.45, 2.75) is 83.8 Å². The number of allylic oxidation sites excluding steroid dienone is 7. The maximum absolute atomic E-state index is 12.1. The van der Waals surface area contributed by atoms with Gasteiger partial charge in [-0.05, 0) is 38.5 Å². The van der Waals surface area contributed by atoms with E-state index in [1.165, 1.54) is 26.2 Å². The molecule has 0 aliphatic rings. The first-order valence-corrected chi connectivity index (χ1v) is 15.9. The number of hydrogen-bond donors (Lipinski definition) is 2. The second-order valence-corrected chi connectivity index (χ2v) is 12.2. The van der Waals surface area contributed by atoms with Crippen molar-refractivity contribution in [2.75, 3.05) is 47.5 Å². The Hall–Kier alpha value is -2.07. The highest BCUT2D eigenvalue weighted by Gasteiger charge is 2.26. The number of carbonyl (C=O) groups excluding carboxylic acids is 2. The van der Waals surface area contributed by atoms with Crippen LogP contribution in [0.25, 0.3) is 0 Å². The van der Waals surface area contributed by atoms with E-state index in [1.54, 1.807) is 12.2 Å². The largest absolute Gasteiger partial charge is 0.472 e. The minimum Gasteiger partial charge on any atom is -0.462 e. The fourth-order valence-corrected chi connectivity index (χ4v) is 3.97. The zero-order valence-electron chi connectivity index (χ0n) is 25.6. The maximum Gasteiger partial charge on any atom is 0.472 e. The molecule has 0 aromatic carbocycles. The number of phosphoric acid groups is 1. The third-order valence-corrected chi connectivity index (χ3v) is 6.50. The second-order valence-electron chi connectivity index (χ2n) is 10.7. The summed E-state index contributed by atoms with van der Waals surface area (Å²) in [4.78, 5) is 33.3. The number of aliphatic hydroxyl groups excluding tert-OH is 1. The summed E-state index contributed by atoms with van der Waals surface area (Å²) in [5, 5.41) is 10.1. The Morgan fingerprint density at radius 3 is 2.27 bits per heavy atom. The number of unbranched alkanes of at least 4 members (excludes halogenated alkanes) is 3. The molecule has 0 fully saturated rings. The SMILES string of the molecule is CCCCC/C=C\C/C=C\C/C=C\C=C\[C@@H](O)CCCC(=O)OC[C@H](COP(=O)(O)OCC[N+](C)(C)C)OC(C)=O. The van der Waals surface area contributed by atoms with Crippen molar-refractivity contribution >= 4 is 19.8 Å². The van der Waals surface area contributed by atoms with Gasteiger partial charge < -0.3 is 24.0 Å². The summed E-state index contributed by atoms with van der Waals surface area (Å²) in [5.74, 6) is -1.20. The Kier molecular flexibility index (Phi) is 22.3. The molecule has 41 heavy (non-hydrogen) atoms. The predicted molar refractivity (Wildman–Crippen MR) is 161 cm³/mol. The number of ether oxygens (including phenoxy) is 2. The van der Waals surface area contributed by atoms with Crippen LogP contribution < -0.4 is 0 Å². The van der Waals surface area contributed by atoms with Gasteiger partial charge in [0, 0.05) is 13.3 Å². The van der Waals surface area contributed by atoms with Gasteiger partial charge in [-0.1, -0.05) is 68.4 Å². The van der Waals surface area contributed by atoms with E-state index in [-0.39, 0.29) is 19.6 Å². The van der Waals surface area contributed by atoms with E-state index in [4.69, 9.17) is 18.5 Å². The topological polar surface area (TPSA) is 129 Å². The van der Waals surface area contributed by atoms with Gasteiger partial charge in [0.25, 0.3) is 0 Å². The molecule has 0 saturated carbocycles. The van der Waals surface area contributed by atoms with Crippen LogP contribution in [0.1, 0.15) is 71.6 Å². The van der Waals surface area contributed by atoms with E-state index in [2.05, 4.69) is 31.2 Å². The number of esters is 2. The fourth-order valence-electron chi connectivity index (χ4n) is 3.23. The van der Waals surface area contributed by atoms with Crippen molar-refractivity contribution in [3.63, 3.8) is 0 Å². The summed E-state index contributed by atoms with van der Waals surface area (Å²) in [6.45, 7) is 3.03. The molecule has 0 heterocycles. The van der Waals surface area contributed by atoms with E-state index >= 15 is 0 Å². The molecule has 10 nitrogen and oxygen atoms in total. The summed E-state index contributed by atoms with van der Waals surface area (Å²) < 4.78 is 32.6. The van der Waals surface area contributed by atoms with Crippen molar-refractivity contribution < 1.29 is 47.2 Å². The molecule has 11 heteroatoms. The highest BCUT2D eigenvalue weighted by Crippen LogP contribution is 2.43. The normalized spacial score (nSPS) is 15.6. The molecule has 0 aliphatic carbocycles. The Bertz CT molecular complexity index is 878. The first kappa shape index (κ1) is 38.9. The third kappa shape index (κ3) is 27.9. The molecule has 2 N–H and O–H groups in total. The lowest BCUT2D eigenvalue weighted by atomic mass is 10.1. The number of aliphatic hydroxyl groups is 1. The Balaban J connectivity index is 4.22. The van der Waals surface area contributed by atoms with Crippen LogP contribution in [0.2, 0.25) is 0 Å². The average molecular weight is 603 g/mol. The Morgan fingerprint density at radius 2 is 1.61 bits per heavy atom. The summed E-state index contributed by atoms with van der Waals surface area (Å²) in [5.41, 5.74) is 0. The standard InChI is InChI=1S/C30H52NO9P/c1-6-7-8-9-10-11-12-13-14-15-16-17-18-20-28(33)21-19-22-30(34)37-25-29(40-27(2)32)26-39-41(35,36)38-24-23-31(3,4)5/h10-11,13-14,16-18,20,28-29,33H,6-9,12,15,19,21-26H2,1-5H3/p+1/b11-10-,14-13-,17-16-,20-18+/t28-,29-/m1/s1. The minimum atomic E-state index is -4.36. The number of nitrogens with zero attached hydrogens (tertiary/aromatic N) is 1. The van der Waals surface area contributed by atoms with E-state index < -0.39 is 38.6 Å². The molecule has 0 saturated heterocycles. The number of carbonyl (C=O) groups is 2. The van der Waals surface area contributed by atoms with Gasteiger partial charge in [0.2, 0.25) is 0 Å². The van der Waals surface area contributed by atoms with E-state index in [0.29, 0.717) is 23.9 Å². The molecule has 1 unspecified atom stereocenters. The number of likely N-dealkylation sites (N-methyl/N-ethyl adjacent to an activating group) is 1. The van der Waals surface area contributed by atoms with Crippen LogP contribution in [0.4, 0.5) is 0 Å². The molecule has 0 spiro atoms. The summed E-state index contributed by atoms with van der Waals surface area (Å²) in [6, 6.07) is 0. The smallest absolute Gasteiger partial charge is 0.462 e. The minimum absolute atomic E-state index is 0.00344. The van der Waals surface area contributed by atoms with Gasteiger partial charge >= 0.3 is 19.8 Å². The molecule has 236 valence electrons. The van der Waals surface area contributed by atoms with Crippen LogP contribution in [-0.2, 0) is 32.7 Å². The van der Waals surface area contributed by atoms with Crippen molar-refractivity contribution in [1.29, 1.82) is 0 Å². The lowest BCUT2D eigenvalue weighted by Crippen LogP contribution is -2.37. The van der Waals surface area contributed by atoms with Crippen LogP contribution >= 0.6 is 7.82 Å². The van der Waals surface area contributed by atoms with Crippen molar-refractivity contribution in [2.24, 2.45) is 0 Å². The molecule has 0 rings (SSSR count). The molecule has 3 atom stereocenters. The monoisotopic (exact) mass is 602 g/mol. The number of quaternary nitrogens is 1. The van der Waals surface area contributed by atoms with Crippen LogP contribution in [0.3, 0.4) is 0 Å². The summed E-state index contributed by atoms with van der Waals surface area (Å²) in [6.07, 6.45) is 21.7. The second kappa shape index (κ2) is 23.5. The lowest BCUT2D eigenvalue weighted by Gasteiger charge is -2.24. The molecule has 0 amide bonds. The van der Waals surface area contributed by atoms with Crippen LogP contribution in [0.15, 0.2) is 48.6 Å². The third-order valence-electron chi connectivity index (χ3n) is 5.52. The van der Waals surface area contributed by atoms with Gasteiger partial charge in [0.1, 0.15) is 19.8 Å². The molecule has 0 aromatic heterocycles. The average Bonchev–Trinajstić information content (AvgIpc) is 2.87. The van der Waals surface area contributed by atoms with E-state index in [9.17, 15) is 24.2 Å². The van der Waals surface area contributed by atoms with Gasteiger partial charge in [-0.25, -0.2) is 4.57 Å². The van der Waals surface area contributed by atoms with Gasteiger partial charge in [-0.3, -0.25) is 18.6 Å². The quantitative estimate of drug-likeness (QED) is 0.0372. The van der Waals surface area contributed by atoms with Gasteiger partial charge in [0.05, 0.1) is 33.9 Å². The Morgan fingerprint density at radius 1 is 0.927 bits per heavy atom. The maximum atomic E-state index is 12.1. The van der Waals surface area contributed by atoms with Crippen molar-refractivity contribution in [1.82, 2.24) is 0 Å². The van der Waals surface area contributed by atoms with E-state index in [1.807, 2.05) is 33.3 Å². The molecule has 0 aromatic rings. The summed E-state index contributed by atoms with van der Waals surface area (Å²) in [7, 11) is 1.35. The number of rotatable bonds is 24. The lowest BCUT2D eigenvalue weighted by molar-refractivity contribution is -0.870. The van der Waals surface area contributed by atoms with Crippen molar-refractivity contribution in [3.05, 3.63) is 48.6 Å². The van der Waals surface area contributed by atoms with Crippen molar-refractivity contribution in [3.8, 4) is 0 Å². The first-order valence-electron chi connectivity index (χ1n) is 14.4. The first-order chi connectivity index (χ1) is 19.3. The highest BCUT2D eigenvalue weighted by molar-refractivity contribution is 7.47. The fraction of sp³-hybridized carbons (Fsp3) is 0.667. The van der Waals surface area contributed by atoms with Crippen LogP contribution in [0, 0.1) is 0 Å². The van der Waals surface area contributed by atoms with Crippen LogP contribution in [0.5, 0.6) is 0 Å². The Labute approximate surface area is 246 Å². The molecule has 0 bridgehead atoms. The zero-order chi connectivity index (χ0) is 31.0. The zero-order valence-corrected chi connectivity index (χ0v) is 26.5. The molecular formula is C30H53NO9P+. The molecule has 0 aliphatic heterocycles. The highest BCUT2D eigenvalue weighted by atomic mass is 31.2. The van der Waals surface area contributed by atoms with E-state index in [0.717, 1.165) is 19.3 Å². The van der Waals surface area contributed by atoms with Gasteiger partial charge in [0.15, 0.2) is 6.10 Å². The van der Waals surface area contributed by atoms with Gasteiger partial charge in [-0.15, -0.1) is 0 Å². The summed E-state index contributed by atoms with van der Waals surface area (Å²) >= 11 is 0. The number of phosphoric ester groups is 1. The predicted octanol–water partition coefficient (Wildman–Crippen LogP) is 5.42. The number of hydrogen-bond acceptors (Lipinski definition) is 8.